The molecule has 2 N–H and O–H groups in total. The second-order valence-corrected chi connectivity index (χ2v) is 6.57. The number of thiophene rings is 1. The number of nitrogens with one attached hydrogen (secondary N) is 1. The standard InChI is InChI=1S/C20H19NO3S/c1-13(17-12-15(24-2)8-9-18(17)22)21-20(23)19-16(10-11-25-19)14-6-4-3-5-7-14/h3-13,22H,1-2H3,(H,21,23). The van der Waals surface area contributed by atoms with E-state index in [4.69, 9.17) is 4.74 Å². The van der Waals surface area contributed by atoms with Crippen molar-refractivity contribution in [2.45, 2.75) is 13.0 Å². The van der Waals surface area contributed by atoms with Gasteiger partial charge < -0.3 is 15.2 Å². The highest BCUT2D eigenvalue weighted by atomic mass is 32.1. The minimum Gasteiger partial charge on any atom is -0.508 e. The number of phenolic OH excluding ortho intramolecular Hbond substituents is 1. The Labute approximate surface area is 150 Å². The molecule has 0 aliphatic heterocycles. The van der Waals surface area contributed by atoms with Crippen LogP contribution in [-0.2, 0) is 0 Å². The predicted octanol–water partition coefficient (Wildman–Crippen LogP) is 4.62. The molecule has 1 aromatic heterocycles. The lowest BCUT2D eigenvalue weighted by atomic mass is 10.0. The number of benzene rings is 2. The highest BCUT2D eigenvalue weighted by molar-refractivity contribution is 7.12. The second-order valence-electron chi connectivity index (χ2n) is 5.65. The van der Waals surface area contributed by atoms with Crippen molar-refractivity contribution in [1.29, 1.82) is 0 Å². The van der Waals surface area contributed by atoms with Crippen LogP contribution in [0.1, 0.15) is 28.2 Å². The number of carbonyl (C=O) groups excluding carboxylic acids is 1. The van der Waals surface area contributed by atoms with Crippen LogP contribution in [0.15, 0.2) is 60.0 Å². The van der Waals surface area contributed by atoms with Gasteiger partial charge in [0.2, 0.25) is 0 Å². The Morgan fingerprint density at radius 2 is 1.92 bits per heavy atom. The molecule has 0 aliphatic rings. The number of hydrogen-bond acceptors (Lipinski definition) is 4. The molecule has 3 rings (SSSR count). The van der Waals surface area contributed by atoms with Crippen LogP contribution in [0.3, 0.4) is 0 Å². The molecule has 1 atom stereocenters. The summed E-state index contributed by atoms with van der Waals surface area (Å²) in [5.74, 6) is 0.599. The molecule has 0 saturated heterocycles. The molecule has 3 aromatic rings. The highest BCUT2D eigenvalue weighted by Crippen LogP contribution is 2.31. The number of aromatic hydroxyl groups is 1. The fourth-order valence-electron chi connectivity index (χ4n) is 2.68. The molecule has 25 heavy (non-hydrogen) atoms. The normalized spacial score (nSPS) is 11.8. The van der Waals surface area contributed by atoms with Crippen LogP contribution in [-0.4, -0.2) is 18.1 Å². The lowest BCUT2D eigenvalue weighted by molar-refractivity contribution is 0.0944. The van der Waals surface area contributed by atoms with Gasteiger partial charge in [0.05, 0.1) is 18.0 Å². The van der Waals surface area contributed by atoms with Crippen LogP contribution >= 0.6 is 11.3 Å². The van der Waals surface area contributed by atoms with Crippen molar-refractivity contribution in [2.75, 3.05) is 7.11 Å². The summed E-state index contributed by atoms with van der Waals surface area (Å²) in [6, 6.07) is 16.4. The third-order valence-corrected chi connectivity index (χ3v) is 4.92. The maximum atomic E-state index is 12.7. The van der Waals surface area contributed by atoms with E-state index in [2.05, 4.69) is 5.32 Å². The zero-order valence-corrected chi connectivity index (χ0v) is 14.8. The van der Waals surface area contributed by atoms with Crippen LogP contribution in [0.5, 0.6) is 11.5 Å². The van der Waals surface area contributed by atoms with E-state index in [1.807, 2.05) is 48.7 Å². The highest BCUT2D eigenvalue weighted by Gasteiger charge is 2.19. The molecule has 0 saturated carbocycles. The van der Waals surface area contributed by atoms with Gasteiger partial charge in [0.25, 0.3) is 5.91 Å². The van der Waals surface area contributed by atoms with E-state index in [0.717, 1.165) is 11.1 Å². The first-order valence-electron chi connectivity index (χ1n) is 7.91. The topological polar surface area (TPSA) is 58.6 Å². The van der Waals surface area contributed by atoms with Crippen molar-refractivity contribution in [3.63, 3.8) is 0 Å². The molecule has 128 valence electrons. The summed E-state index contributed by atoms with van der Waals surface area (Å²) in [5.41, 5.74) is 2.53. The van der Waals surface area contributed by atoms with Crippen molar-refractivity contribution >= 4 is 17.2 Å². The number of phenols is 1. The van der Waals surface area contributed by atoms with E-state index in [1.165, 1.54) is 11.3 Å². The minimum absolute atomic E-state index is 0.128. The van der Waals surface area contributed by atoms with Crippen molar-refractivity contribution in [3.05, 3.63) is 70.4 Å². The molecule has 0 radical (unpaired) electrons. The van der Waals surface area contributed by atoms with Gasteiger partial charge in [-0.15, -0.1) is 11.3 Å². The zero-order chi connectivity index (χ0) is 17.8. The lowest BCUT2D eigenvalue weighted by Gasteiger charge is -2.16. The SMILES string of the molecule is COc1ccc(O)c(C(C)NC(=O)c2sccc2-c2ccccc2)c1. The molecule has 1 unspecified atom stereocenters. The third-order valence-electron chi connectivity index (χ3n) is 4.01. The zero-order valence-electron chi connectivity index (χ0n) is 14.0. The fourth-order valence-corrected chi connectivity index (χ4v) is 3.50. The smallest absolute Gasteiger partial charge is 0.262 e. The molecule has 0 aliphatic carbocycles. The van der Waals surface area contributed by atoms with Gasteiger partial charge in [-0.1, -0.05) is 30.3 Å². The summed E-state index contributed by atoms with van der Waals surface area (Å²) < 4.78 is 5.19. The summed E-state index contributed by atoms with van der Waals surface area (Å²) in [7, 11) is 1.57. The predicted molar refractivity (Wildman–Crippen MR) is 100 cm³/mol. The van der Waals surface area contributed by atoms with Gasteiger partial charge in [-0.3, -0.25) is 4.79 Å². The van der Waals surface area contributed by atoms with Crippen molar-refractivity contribution in [2.24, 2.45) is 0 Å². The molecule has 4 nitrogen and oxygen atoms in total. The van der Waals surface area contributed by atoms with E-state index >= 15 is 0 Å². The Bertz CT molecular complexity index is 874. The van der Waals surface area contributed by atoms with Gasteiger partial charge in [-0.2, -0.15) is 0 Å². The number of hydrogen-bond donors (Lipinski definition) is 2. The Kier molecular flexibility index (Phi) is 5.05. The Balaban J connectivity index is 1.83. The first-order valence-corrected chi connectivity index (χ1v) is 8.79. The monoisotopic (exact) mass is 353 g/mol. The largest absolute Gasteiger partial charge is 0.508 e. The minimum atomic E-state index is -0.353. The van der Waals surface area contributed by atoms with E-state index in [1.54, 1.807) is 25.3 Å². The van der Waals surface area contributed by atoms with E-state index in [0.29, 0.717) is 16.2 Å². The van der Waals surface area contributed by atoms with Gasteiger partial charge in [-0.05, 0) is 42.1 Å². The average molecular weight is 353 g/mol. The molecule has 5 heteroatoms. The fraction of sp³-hybridized carbons (Fsp3) is 0.150. The average Bonchev–Trinajstić information content (AvgIpc) is 3.12. The molecule has 1 amide bonds. The number of methoxy groups -OCH3 is 1. The van der Waals surface area contributed by atoms with Crippen LogP contribution in [0.25, 0.3) is 11.1 Å². The van der Waals surface area contributed by atoms with Crippen LogP contribution < -0.4 is 10.1 Å². The maximum Gasteiger partial charge on any atom is 0.262 e. The first-order chi connectivity index (χ1) is 12.1. The van der Waals surface area contributed by atoms with Gasteiger partial charge in [0, 0.05) is 11.1 Å². The maximum absolute atomic E-state index is 12.7. The summed E-state index contributed by atoms with van der Waals surface area (Å²) in [4.78, 5) is 13.4. The summed E-state index contributed by atoms with van der Waals surface area (Å²) >= 11 is 1.40. The van der Waals surface area contributed by atoms with E-state index in [-0.39, 0.29) is 17.7 Å². The second kappa shape index (κ2) is 7.40. The number of amides is 1. The molecule has 0 bridgehead atoms. The van der Waals surface area contributed by atoms with E-state index in [9.17, 15) is 9.90 Å². The van der Waals surface area contributed by atoms with Crippen molar-refractivity contribution < 1.29 is 14.6 Å². The summed E-state index contributed by atoms with van der Waals surface area (Å²) in [6.07, 6.45) is 0. The summed E-state index contributed by atoms with van der Waals surface area (Å²) in [6.45, 7) is 1.84. The van der Waals surface area contributed by atoms with Gasteiger partial charge in [0.1, 0.15) is 11.5 Å². The molecule has 2 aromatic carbocycles. The van der Waals surface area contributed by atoms with Crippen LogP contribution in [0, 0.1) is 0 Å². The van der Waals surface area contributed by atoms with E-state index < -0.39 is 0 Å². The van der Waals surface area contributed by atoms with Gasteiger partial charge in [0.15, 0.2) is 0 Å². The third kappa shape index (κ3) is 3.67. The van der Waals surface area contributed by atoms with Gasteiger partial charge >= 0.3 is 0 Å². The molecule has 0 fully saturated rings. The van der Waals surface area contributed by atoms with Crippen molar-refractivity contribution in [3.8, 4) is 22.6 Å². The number of ether oxygens (including phenoxy) is 1. The number of rotatable bonds is 5. The van der Waals surface area contributed by atoms with Crippen molar-refractivity contribution in [1.82, 2.24) is 5.32 Å². The number of carbonyl (C=O) groups is 1. The Morgan fingerprint density at radius 3 is 2.64 bits per heavy atom. The first kappa shape index (κ1) is 17.0. The van der Waals surface area contributed by atoms with Gasteiger partial charge in [-0.25, -0.2) is 0 Å². The van der Waals surface area contributed by atoms with Crippen LogP contribution in [0.2, 0.25) is 0 Å². The Morgan fingerprint density at radius 1 is 1.16 bits per heavy atom. The quantitative estimate of drug-likeness (QED) is 0.704. The molecule has 1 heterocycles. The Hall–Kier alpha value is -2.79. The summed E-state index contributed by atoms with van der Waals surface area (Å²) in [5, 5.41) is 14.9. The molecule has 0 spiro atoms. The lowest BCUT2D eigenvalue weighted by Crippen LogP contribution is -2.26. The van der Waals surface area contributed by atoms with Crippen LogP contribution in [0.4, 0.5) is 0 Å². The molecular weight excluding hydrogens is 334 g/mol. The molecular formula is C20H19NO3S.